The number of anilines is 1. The summed E-state index contributed by atoms with van der Waals surface area (Å²) in [5, 5.41) is 0. The van der Waals surface area contributed by atoms with Gasteiger partial charge >= 0.3 is 0 Å². The third-order valence-corrected chi connectivity index (χ3v) is 2.49. The highest BCUT2D eigenvalue weighted by atomic mass is 16.5. The highest BCUT2D eigenvalue weighted by molar-refractivity contribution is 6.30. The van der Waals surface area contributed by atoms with Crippen molar-refractivity contribution in [1.29, 1.82) is 0 Å². The van der Waals surface area contributed by atoms with Crippen molar-refractivity contribution >= 4 is 17.9 Å². The molecule has 1 amide bonds. The van der Waals surface area contributed by atoms with Crippen LogP contribution in [0.25, 0.3) is 0 Å². The van der Waals surface area contributed by atoms with E-state index < -0.39 is 5.91 Å². The summed E-state index contributed by atoms with van der Waals surface area (Å²) in [6, 6.07) is 3.41. The largest absolute Gasteiger partial charge is 0.493 e. The van der Waals surface area contributed by atoms with E-state index in [0.717, 1.165) is 5.56 Å². The second-order valence-electron chi connectivity index (χ2n) is 3.51. The Balaban J connectivity index is 3.25. The van der Waals surface area contributed by atoms with E-state index >= 15 is 0 Å². The average molecular weight is 237 g/mol. The summed E-state index contributed by atoms with van der Waals surface area (Å²) in [5.74, 6) is 0.486. The summed E-state index contributed by atoms with van der Waals surface area (Å²) in [7, 11) is 4.58. The maximum Gasteiger partial charge on any atom is 0.290 e. The third kappa shape index (κ3) is 2.55. The third-order valence-electron chi connectivity index (χ3n) is 2.49. The maximum absolute atomic E-state index is 11.3. The van der Waals surface area contributed by atoms with Crippen LogP contribution < -0.4 is 14.4 Å². The van der Waals surface area contributed by atoms with Crippen molar-refractivity contribution in [2.24, 2.45) is 0 Å². The van der Waals surface area contributed by atoms with Gasteiger partial charge in [-0.15, -0.1) is 0 Å². The molecule has 92 valence electrons. The molecule has 0 aromatic heterocycles. The number of carbonyl (C=O) groups excluding carboxylic acids is 2. The van der Waals surface area contributed by atoms with Gasteiger partial charge in [0.1, 0.15) is 0 Å². The lowest BCUT2D eigenvalue weighted by molar-refractivity contribution is -0.129. The predicted molar refractivity (Wildman–Crippen MR) is 63.8 cm³/mol. The molecule has 0 saturated heterocycles. The minimum atomic E-state index is -0.611. The quantitative estimate of drug-likeness (QED) is 0.582. The summed E-state index contributed by atoms with van der Waals surface area (Å²) in [4.78, 5) is 23.0. The van der Waals surface area contributed by atoms with Crippen molar-refractivity contribution < 1.29 is 19.1 Å². The normalized spacial score (nSPS) is 9.65. The summed E-state index contributed by atoms with van der Waals surface area (Å²) >= 11 is 0. The van der Waals surface area contributed by atoms with Gasteiger partial charge in [-0.1, -0.05) is 0 Å². The Kier molecular flexibility index (Phi) is 4.09. The van der Waals surface area contributed by atoms with Crippen LogP contribution in [0.5, 0.6) is 11.5 Å². The van der Waals surface area contributed by atoms with Gasteiger partial charge in [0.2, 0.25) is 6.29 Å². The van der Waals surface area contributed by atoms with Gasteiger partial charge < -0.3 is 14.4 Å². The van der Waals surface area contributed by atoms with Crippen LogP contribution in [-0.4, -0.2) is 33.5 Å². The molecule has 0 saturated carbocycles. The fourth-order valence-corrected chi connectivity index (χ4v) is 1.53. The van der Waals surface area contributed by atoms with Crippen LogP contribution in [0, 0.1) is 6.92 Å². The van der Waals surface area contributed by atoms with Crippen LogP contribution in [-0.2, 0) is 9.59 Å². The van der Waals surface area contributed by atoms with E-state index in [1.165, 1.54) is 26.2 Å². The minimum Gasteiger partial charge on any atom is -0.493 e. The molecule has 0 fully saturated rings. The number of amides is 1. The number of hydrogen-bond donors (Lipinski definition) is 0. The van der Waals surface area contributed by atoms with Gasteiger partial charge in [-0.3, -0.25) is 9.59 Å². The molecule has 0 N–H and O–H groups in total. The van der Waals surface area contributed by atoms with Gasteiger partial charge in [0.25, 0.3) is 5.91 Å². The second-order valence-corrected chi connectivity index (χ2v) is 3.51. The van der Waals surface area contributed by atoms with Crippen LogP contribution in [0.3, 0.4) is 0 Å². The molecule has 0 aliphatic rings. The molecule has 5 nitrogen and oxygen atoms in total. The number of aryl methyl sites for hydroxylation is 1. The van der Waals surface area contributed by atoms with Crippen LogP contribution >= 0.6 is 0 Å². The van der Waals surface area contributed by atoms with E-state index in [1.54, 1.807) is 12.1 Å². The van der Waals surface area contributed by atoms with Crippen molar-refractivity contribution in [3.05, 3.63) is 17.7 Å². The fraction of sp³-hybridized carbons (Fsp3) is 0.333. The van der Waals surface area contributed by atoms with Gasteiger partial charge in [-0.2, -0.15) is 0 Å². The molecule has 17 heavy (non-hydrogen) atoms. The Bertz CT molecular complexity index is 442. The van der Waals surface area contributed by atoms with Gasteiger partial charge in [-0.05, 0) is 18.6 Å². The molecule has 1 aromatic rings. The lowest BCUT2D eigenvalue weighted by atomic mass is 10.1. The van der Waals surface area contributed by atoms with Crippen molar-refractivity contribution in [3.8, 4) is 11.5 Å². The number of benzene rings is 1. The van der Waals surface area contributed by atoms with E-state index in [0.29, 0.717) is 17.2 Å². The topological polar surface area (TPSA) is 55.8 Å². The molecule has 1 aromatic carbocycles. The zero-order valence-electron chi connectivity index (χ0n) is 10.3. The van der Waals surface area contributed by atoms with Crippen molar-refractivity contribution in [2.75, 3.05) is 26.2 Å². The molecule has 0 bridgehead atoms. The SMILES string of the molecule is COc1cc(C)c(N(C)C(=O)C=O)cc1OC. The molecule has 0 spiro atoms. The zero-order valence-corrected chi connectivity index (χ0v) is 10.3. The van der Waals surface area contributed by atoms with Gasteiger partial charge in [-0.25, -0.2) is 0 Å². The van der Waals surface area contributed by atoms with Gasteiger partial charge in [0.15, 0.2) is 11.5 Å². The molecule has 0 atom stereocenters. The first-order valence-corrected chi connectivity index (χ1v) is 5.00. The standard InChI is InChI=1S/C12H15NO4/c1-8-5-10(16-3)11(17-4)6-9(8)13(2)12(15)7-14/h5-7H,1-4H3. The fourth-order valence-electron chi connectivity index (χ4n) is 1.53. The molecular formula is C12H15NO4. The number of hydrogen-bond acceptors (Lipinski definition) is 4. The summed E-state index contributed by atoms with van der Waals surface area (Å²) in [5.41, 5.74) is 1.43. The van der Waals surface area contributed by atoms with Gasteiger partial charge in [0, 0.05) is 13.1 Å². The Morgan fingerprint density at radius 1 is 1.24 bits per heavy atom. The number of aldehydes is 1. The molecule has 5 heteroatoms. The summed E-state index contributed by atoms with van der Waals surface area (Å²) < 4.78 is 10.3. The molecule has 0 radical (unpaired) electrons. The predicted octanol–water partition coefficient (Wildman–Crippen LogP) is 1.17. The second kappa shape index (κ2) is 5.34. The minimum absolute atomic E-state index is 0.274. The van der Waals surface area contributed by atoms with Crippen molar-refractivity contribution in [2.45, 2.75) is 6.92 Å². The Morgan fingerprint density at radius 2 is 1.76 bits per heavy atom. The molecule has 0 unspecified atom stereocenters. The number of methoxy groups -OCH3 is 2. The Labute approximate surface area is 99.9 Å². The van der Waals surface area contributed by atoms with E-state index in [1.807, 2.05) is 6.92 Å². The lowest BCUT2D eigenvalue weighted by Crippen LogP contribution is -2.27. The molecular weight excluding hydrogens is 222 g/mol. The average Bonchev–Trinajstić information content (AvgIpc) is 2.36. The van der Waals surface area contributed by atoms with Crippen LogP contribution in [0.1, 0.15) is 5.56 Å². The molecule has 0 aliphatic heterocycles. The number of ether oxygens (including phenoxy) is 2. The van der Waals surface area contributed by atoms with E-state index in [4.69, 9.17) is 9.47 Å². The van der Waals surface area contributed by atoms with Crippen molar-refractivity contribution in [1.82, 2.24) is 0 Å². The zero-order chi connectivity index (χ0) is 13.0. The number of carbonyl (C=O) groups is 2. The first kappa shape index (κ1) is 13.0. The van der Waals surface area contributed by atoms with E-state index in [9.17, 15) is 9.59 Å². The lowest BCUT2D eigenvalue weighted by Gasteiger charge is -2.19. The first-order chi connectivity index (χ1) is 8.04. The van der Waals surface area contributed by atoms with Crippen LogP contribution in [0.4, 0.5) is 5.69 Å². The van der Waals surface area contributed by atoms with Crippen LogP contribution in [0.15, 0.2) is 12.1 Å². The van der Waals surface area contributed by atoms with Gasteiger partial charge in [0.05, 0.1) is 19.9 Å². The monoisotopic (exact) mass is 237 g/mol. The van der Waals surface area contributed by atoms with E-state index in [2.05, 4.69) is 0 Å². The summed E-state index contributed by atoms with van der Waals surface area (Å²) in [6.07, 6.45) is 0.274. The Hall–Kier alpha value is -2.04. The Morgan fingerprint density at radius 3 is 2.24 bits per heavy atom. The first-order valence-electron chi connectivity index (χ1n) is 5.00. The van der Waals surface area contributed by atoms with Crippen LogP contribution in [0.2, 0.25) is 0 Å². The number of likely N-dealkylation sites (N-methyl/N-ethyl adjacent to an activating group) is 1. The molecule has 1 rings (SSSR count). The van der Waals surface area contributed by atoms with E-state index in [-0.39, 0.29) is 6.29 Å². The molecule has 0 heterocycles. The highest BCUT2D eigenvalue weighted by Gasteiger charge is 2.15. The number of rotatable bonds is 4. The molecule has 0 aliphatic carbocycles. The highest BCUT2D eigenvalue weighted by Crippen LogP contribution is 2.34. The number of nitrogens with zero attached hydrogens (tertiary/aromatic N) is 1. The summed E-state index contributed by atoms with van der Waals surface area (Å²) in [6.45, 7) is 1.83. The smallest absolute Gasteiger partial charge is 0.290 e. The van der Waals surface area contributed by atoms with Crippen molar-refractivity contribution in [3.63, 3.8) is 0 Å². The maximum atomic E-state index is 11.3.